The van der Waals surface area contributed by atoms with Gasteiger partial charge in [-0.25, -0.2) is 14.0 Å². The van der Waals surface area contributed by atoms with E-state index >= 15 is 0 Å². The molecule has 1 aliphatic carbocycles. The maximum atomic E-state index is 14.0. The second-order valence-corrected chi connectivity index (χ2v) is 8.40. The van der Waals surface area contributed by atoms with Crippen molar-refractivity contribution in [2.75, 3.05) is 6.61 Å². The SMILES string of the molecule is CC(C)[C@H]1CC[C@H](C)C(CCCOc2c(F)c(F)c(SOOO)c(F)c2F)C1. The van der Waals surface area contributed by atoms with Crippen LogP contribution in [0.15, 0.2) is 4.90 Å². The summed E-state index contributed by atoms with van der Waals surface area (Å²) in [7, 11) is 0. The molecule has 4 nitrogen and oxygen atoms in total. The van der Waals surface area contributed by atoms with Crippen LogP contribution >= 0.6 is 12.0 Å². The van der Waals surface area contributed by atoms with Crippen molar-refractivity contribution in [2.45, 2.75) is 57.8 Å². The smallest absolute Gasteiger partial charge is 0.205 e. The second-order valence-electron chi connectivity index (χ2n) is 7.69. The van der Waals surface area contributed by atoms with Crippen molar-refractivity contribution in [3.63, 3.8) is 0 Å². The Hall–Kier alpha value is -1.03. The van der Waals surface area contributed by atoms with Gasteiger partial charge in [-0.3, -0.25) is 0 Å². The molecule has 0 spiro atoms. The van der Waals surface area contributed by atoms with Gasteiger partial charge in [0.2, 0.25) is 11.6 Å². The van der Waals surface area contributed by atoms with Crippen LogP contribution in [0.3, 0.4) is 0 Å². The first-order chi connectivity index (χ1) is 13.3. The Morgan fingerprint density at radius 1 is 1.07 bits per heavy atom. The summed E-state index contributed by atoms with van der Waals surface area (Å²) >= 11 is -0.197. The van der Waals surface area contributed by atoms with Gasteiger partial charge in [-0.05, 0) is 49.4 Å². The average molecular weight is 426 g/mol. The van der Waals surface area contributed by atoms with E-state index in [1.165, 1.54) is 6.42 Å². The molecule has 0 radical (unpaired) electrons. The summed E-state index contributed by atoms with van der Waals surface area (Å²) in [6.07, 6.45) is 4.85. The number of hydrogen-bond acceptors (Lipinski definition) is 5. The highest BCUT2D eigenvalue weighted by molar-refractivity contribution is 7.94. The van der Waals surface area contributed by atoms with E-state index in [4.69, 9.17) is 9.99 Å². The van der Waals surface area contributed by atoms with Crippen LogP contribution < -0.4 is 4.74 Å². The maximum Gasteiger partial charge on any atom is 0.205 e. The fourth-order valence-corrected chi connectivity index (χ4v) is 4.24. The van der Waals surface area contributed by atoms with E-state index in [9.17, 15) is 17.6 Å². The lowest BCUT2D eigenvalue weighted by Crippen LogP contribution is -2.26. The van der Waals surface area contributed by atoms with Crippen LogP contribution in [0.25, 0.3) is 0 Å². The summed E-state index contributed by atoms with van der Waals surface area (Å²) in [4.78, 5) is -1.12. The zero-order valence-electron chi connectivity index (χ0n) is 16.1. The molecule has 1 aromatic carbocycles. The van der Waals surface area contributed by atoms with Crippen LogP contribution in [-0.4, -0.2) is 11.9 Å². The summed E-state index contributed by atoms with van der Waals surface area (Å²) in [6, 6.07) is 0. The van der Waals surface area contributed by atoms with Crippen LogP contribution in [0.1, 0.15) is 52.9 Å². The molecular formula is C19H26F4O4S. The molecular weight excluding hydrogens is 400 g/mol. The van der Waals surface area contributed by atoms with Crippen LogP contribution in [-0.2, 0) is 9.37 Å². The van der Waals surface area contributed by atoms with E-state index < -0.39 is 33.9 Å². The van der Waals surface area contributed by atoms with Crippen LogP contribution in [0, 0.1) is 46.9 Å². The Bertz CT molecular complexity index is 630. The van der Waals surface area contributed by atoms with Gasteiger partial charge in [-0.1, -0.05) is 32.2 Å². The van der Waals surface area contributed by atoms with Gasteiger partial charge < -0.3 is 4.74 Å². The molecule has 3 atom stereocenters. The van der Waals surface area contributed by atoms with E-state index in [-0.39, 0.29) is 18.6 Å². The van der Waals surface area contributed by atoms with Crippen molar-refractivity contribution < 1.29 is 36.9 Å². The van der Waals surface area contributed by atoms with Crippen LogP contribution in [0.5, 0.6) is 5.75 Å². The Labute approximate surface area is 166 Å². The molecule has 9 heteroatoms. The van der Waals surface area contributed by atoms with Crippen molar-refractivity contribution in [3.8, 4) is 5.75 Å². The van der Waals surface area contributed by atoms with E-state index in [1.54, 1.807) is 0 Å². The maximum absolute atomic E-state index is 14.0. The molecule has 1 unspecified atom stereocenters. The molecule has 0 bridgehead atoms. The molecule has 28 heavy (non-hydrogen) atoms. The Morgan fingerprint density at radius 2 is 1.71 bits per heavy atom. The zero-order chi connectivity index (χ0) is 20.8. The van der Waals surface area contributed by atoms with Gasteiger partial charge in [0.25, 0.3) is 0 Å². The number of ether oxygens (including phenoxy) is 1. The van der Waals surface area contributed by atoms with Gasteiger partial charge in [0.05, 0.1) is 18.6 Å². The number of rotatable bonds is 9. The topological polar surface area (TPSA) is 47.9 Å². The summed E-state index contributed by atoms with van der Waals surface area (Å²) in [5.41, 5.74) is 0. The Balaban J connectivity index is 1.95. The van der Waals surface area contributed by atoms with E-state index in [0.29, 0.717) is 30.1 Å². The standard InChI is InChI=1S/C19H26F4O4S/c1-10(2)12-7-6-11(3)13(9-12)5-4-8-25-18-14(20)16(22)19(28-27-26-24)17(23)15(18)21/h10-13,24H,4-9H2,1-3H3/t11-,12-,13?/m0/s1. The van der Waals surface area contributed by atoms with Crippen molar-refractivity contribution >= 4 is 12.0 Å². The quantitative estimate of drug-likeness (QED) is 0.121. The highest BCUT2D eigenvalue weighted by Crippen LogP contribution is 2.40. The van der Waals surface area contributed by atoms with E-state index in [1.807, 2.05) is 0 Å². The van der Waals surface area contributed by atoms with Crippen molar-refractivity contribution in [3.05, 3.63) is 23.3 Å². The summed E-state index contributed by atoms with van der Waals surface area (Å²) < 4.78 is 64.7. The van der Waals surface area contributed by atoms with Crippen molar-refractivity contribution in [1.29, 1.82) is 0 Å². The fourth-order valence-electron chi connectivity index (χ4n) is 3.82. The van der Waals surface area contributed by atoms with Gasteiger partial charge >= 0.3 is 0 Å². The lowest BCUT2D eigenvalue weighted by molar-refractivity contribution is -0.432. The molecule has 160 valence electrons. The minimum Gasteiger partial charge on any atom is -0.487 e. The van der Waals surface area contributed by atoms with Gasteiger partial charge in [-0.15, -0.1) is 4.33 Å². The highest BCUT2D eigenvalue weighted by Gasteiger charge is 2.30. The minimum absolute atomic E-state index is 0.0506. The first-order valence-corrected chi connectivity index (χ1v) is 10.2. The van der Waals surface area contributed by atoms with Crippen molar-refractivity contribution in [2.24, 2.45) is 23.7 Å². The number of hydrogen-bond donors (Lipinski definition) is 1. The molecule has 1 saturated carbocycles. The predicted molar refractivity (Wildman–Crippen MR) is 96.5 cm³/mol. The molecule has 1 fully saturated rings. The molecule has 0 heterocycles. The third kappa shape index (κ3) is 5.52. The lowest BCUT2D eigenvalue weighted by atomic mass is 9.70. The summed E-state index contributed by atoms with van der Waals surface area (Å²) in [5, 5.41) is 11.2. The fraction of sp³-hybridized carbons (Fsp3) is 0.684. The predicted octanol–water partition coefficient (Wildman–Crippen LogP) is 6.54. The second kappa shape index (κ2) is 10.7. The molecule has 1 aromatic rings. The normalized spacial score (nSPS) is 22.7. The van der Waals surface area contributed by atoms with Gasteiger partial charge in [-0.2, -0.15) is 8.78 Å². The molecule has 0 aromatic heterocycles. The van der Waals surface area contributed by atoms with E-state index in [0.717, 1.165) is 19.3 Å². The third-order valence-corrected chi connectivity index (χ3v) is 6.30. The third-order valence-electron chi connectivity index (χ3n) is 5.64. The summed E-state index contributed by atoms with van der Waals surface area (Å²) in [5.74, 6) is -5.41. The molecule has 0 aliphatic heterocycles. The molecule has 1 aliphatic rings. The number of halogens is 4. The molecule has 1 N–H and O–H groups in total. The van der Waals surface area contributed by atoms with Gasteiger partial charge in [0.15, 0.2) is 17.4 Å². The molecule has 0 saturated heterocycles. The minimum atomic E-state index is -1.68. The first-order valence-electron chi connectivity index (χ1n) is 9.41. The molecule has 0 amide bonds. The van der Waals surface area contributed by atoms with Gasteiger partial charge in [0, 0.05) is 0 Å². The first kappa shape index (κ1) is 23.3. The highest BCUT2D eigenvalue weighted by atomic mass is 32.2. The average Bonchev–Trinajstić information content (AvgIpc) is 2.67. The summed E-state index contributed by atoms with van der Waals surface area (Å²) in [6.45, 7) is 6.59. The van der Waals surface area contributed by atoms with Gasteiger partial charge in [0.1, 0.15) is 4.90 Å². The molecule has 2 rings (SSSR count). The van der Waals surface area contributed by atoms with E-state index in [2.05, 4.69) is 30.1 Å². The van der Waals surface area contributed by atoms with Crippen molar-refractivity contribution in [1.82, 2.24) is 0 Å². The largest absolute Gasteiger partial charge is 0.487 e. The Kier molecular flexibility index (Phi) is 8.85. The zero-order valence-corrected chi connectivity index (χ0v) is 17.0. The van der Waals surface area contributed by atoms with Crippen LogP contribution in [0.4, 0.5) is 17.6 Å². The van der Waals surface area contributed by atoms with Crippen LogP contribution in [0.2, 0.25) is 0 Å². The lowest BCUT2D eigenvalue weighted by Gasteiger charge is -2.36. The number of benzene rings is 1. The Morgan fingerprint density at radius 3 is 2.29 bits per heavy atom. The monoisotopic (exact) mass is 426 g/mol.